The van der Waals surface area contributed by atoms with Gasteiger partial charge in [-0.15, -0.1) is 0 Å². The smallest absolute Gasteiger partial charge is 0.410 e. The third kappa shape index (κ3) is 6.75. The summed E-state index contributed by atoms with van der Waals surface area (Å²) in [5.74, 6) is -0.297. The van der Waals surface area contributed by atoms with Gasteiger partial charge < -0.3 is 19.7 Å². The van der Waals surface area contributed by atoms with Gasteiger partial charge in [-0.3, -0.25) is 9.69 Å². The first kappa shape index (κ1) is 23.7. The van der Waals surface area contributed by atoms with E-state index < -0.39 is 17.7 Å². The average Bonchev–Trinajstić information content (AvgIpc) is 2.67. The van der Waals surface area contributed by atoms with Gasteiger partial charge >= 0.3 is 12.1 Å². The minimum atomic E-state index is -0.606. The van der Waals surface area contributed by atoms with Crippen molar-refractivity contribution in [3.63, 3.8) is 0 Å². The number of ether oxygens (including phenoxy) is 2. The van der Waals surface area contributed by atoms with Gasteiger partial charge in [0.2, 0.25) is 5.91 Å². The van der Waals surface area contributed by atoms with Gasteiger partial charge in [-0.1, -0.05) is 11.8 Å². The predicted molar refractivity (Wildman–Crippen MR) is 113 cm³/mol. The lowest BCUT2D eigenvalue weighted by Gasteiger charge is -2.35. The molecule has 2 rings (SSSR count). The van der Waals surface area contributed by atoms with Gasteiger partial charge in [0.15, 0.2) is 5.16 Å². The summed E-state index contributed by atoms with van der Waals surface area (Å²) < 4.78 is 10.4. The van der Waals surface area contributed by atoms with E-state index in [1.165, 1.54) is 22.9 Å². The van der Waals surface area contributed by atoms with Crippen molar-refractivity contribution in [2.24, 2.45) is 0 Å². The fourth-order valence-electron chi connectivity index (χ4n) is 2.69. The number of hydrogen-bond acceptors (Lipinski definition) is 9. The van der Waals surface area contributed by atoms with Crippen molar-refractivity contribution in [3.8, 4) is 0 Å². The molecule has 0 saturated carbocycles. The maximum atomic E-state index is 12.4. The maximum Gasteiger partial charge on any atom is 0.410 e. The summed E-state index contributed by atoms with van der Waals surface area (Å²) in [5.41, 5.74) is -0.360. The standard InChI is InChI=1S/C19H29N5O5S/c1-6-28-16(26)13-11-21-17(30-5)22-15(13)20-7-8-23-9-10-24(12-14(23)25)18(27)29-19(2,3)4/h11H,6-10,12H2,1-5H3,(H,20,21,22). The third-order valence-corrected chi connectivity index (χ3v) is 4.65. The van der Waals surface area contributed by atoms with Gasteiger partial charge in [-0.05, 0) is 34.0 Å². The largest absolute Gasteiger partial charge is 0.462 e. The molecule has 1 fully saturated rings. The molecule has 2 heterocycles. The SMILES string of the molecule is CCOC(=O)c1cnc(SC)nc1NCCN1CCN(C(=O)OC(C)(C)C)CC1=O. The lowest BCUT2D eigenvalue weighted by molar-refractivity contribution is -0.135. The predicted octanol–water partition coefficient (Wildman–Crippen LogP) is 1.87. The fourth-order valence-corrected chi connectivity index (χ4v) is 3.03. The zero-order valence-corrected chi connectivity index (χ0v) is 18.9. The van der Waals surface area contributed by atoms with Crippen LogP contribution in [0.25, 0.3) is 0 Å². The summed E-state index contributed by atoms with van der Waals surface area (Å²) in [6.45, 7) is 8.91. The van der Waals surface area contributed by atoms with Gasteiger partial charge in [0.1, 0.15) is 23.5 Å². The highest BCUT2D eigenvalue weighted by Gasteiger charge is 2.30. The van der Waals surface area contributed by atoms with Gasteiger partial charge in [0.05, 0.1) is 6.61 Å². The minimum absolute atomic E-state index is 0.0207. The highest BCUT2D eigenvalue weighted by atomic mass is 32.2. The van der Waals surface area contributed by atoms with E-state index in [-0.39, 0.29) is 24.6 Å². The number of anilines is 1. The van der Waals surface area contributed by atoms with Crippen LogP contribution in [-0.2, 0) is 14.3 Å². The van der Waals surface area contributed by atoms with Gasteiger partial charge in [-0.25, -0.2) is 19.6 Å². The monoisotopic (exact) mass is 439 g/mol. The summed E-state index contributed by atoms with van der Waals surface area (Å²) in [7, 11) is 0. The summed E-state index contributed by atoms with van der Waals surface area (Å²) in [6.07, 6.45) is 2.79. The van der Waals surface area contributed by atoms with Crippen LogP contribution in [0.1, 0.15) is 38.1 Å². The van der Waals surface area contributed by atoms with Crippen LogP contribution < -0.4 is 5.32 Å². The Morgan fingerprint density at radius 2 is 2.03 bits per heavy atom. The van der Waals surface area contributed by atoms with Crippen LogP contribution in [0.5, 0.6) is 0 Å². The topological polar surface area (TPSA) is 114 Å². The Labute approximate surface area is 180 Å². The molecule has 1 aromatic rings. The number of rotatable bonds is 7. The van der Waals surface area contributed by atoms with Crippen molar-refractivity contribution >= 4 is 35.5 Å². The first-order chi connectivity index (χ1) is 14.1. The molecule has 1 aliphatic rings. The number of nitrogens with one attached hydrogen (secondary N) is 1. The van der Waals surface area contributed by atoms with Crippen molar-refractivity contribution in [3.05, 3.63) is 11.8 Å². The molecule has 30 heavy (non-hydrogen) atoms. The molecule has 0 aromatic carbocycles. The molecule has 0 atom stereocenters. The van der Waals surface area contributed by atoms with Crippen LogP contribution in [0.15, 0.2) is 11.4 Å². The van der Waals surface area contributed by atoms with Gasteiger partial charge in [-0.2, -0.15) is 0 Å². The molecule has 1 aromatic heterocycles. The molecule has 0 spiro atoms. The molecular weight excluding hydrogens is 410 g/mol. The van der Waals surface area contributed by atoms with E-state index in [4.69, 9.17) is 9.47 Å². The second kappa shape index (κ2) is 10.5. The fraction of sp³-hybridized carbons (Fsp3) is 0.632. The van der Waals surface area contributed by atoms with Crippen LogP contribution >= 0.6 is 11.8 Å². The van der Waals surface area contributed by atoms with E-state index in [0.29, 0.717) is 37.2 Å². The number of hydrogen-bond donors (Lipinski definition) is 1. The van der Waals surface area contributed by atoms with E-state index in [2.05, 4.69) is 15.3 Å². The first-order valence-corrected chi connectivity index (χ1v) is 10.9. The second-order valence-electron chi connectivity index (χ2n) is 7.55. The molecule has 0 aliphatic carbocycles. The molecule has 0 bridgehead atoms. The van der Waals surface area contributed by atoms with Crippen molar-refractivity contribution in [1.29, 1.82) is 0 Å². The maximum absolute atomic E-state index is 12.4. The normalized spacial score (nSPS) is 14.5. The molecule has 1 N–H and O–H groups in total. The van der Waals surface area contributed by atoms with Gasteiger partial charge in [0.25, 0.3) is 0 Å². The zero-order chi connectivity index (χ0) is 22.3. The Bertz CT molecular complexity index is 783. The van der Waals surface area contributed by atoms with Crippen LogP contribution in [0.3, 0.4) is 0 Å². The highest BCUT2D eigenvalue weighted by molar-refractivity contribution is 7.98. The Balaban J connectivity index is 1.92. The summed E-state index contributed by atoms with van der Waals surface area (Å²) in [5, 5.41) is 3.62. The molecule has 166 valence electrons. The van der Waals surface area contributed by atoms with Gasteiger partial charge in [0, 0.05) is 32.4 Å². The summed E-state index contributed by atoms with van der Waals surface area (Å²) >= 11 is 1.36. The molecule has 1 aliphatic heterocycles. The highest BCUT2D eigenvalue weighted by Crippen LogP contribution is 2.18. The van der Waals surface area contributed by atoms with Crippen LogP contribution in [-0.4, -0.2) is 88.9 Å². The Morgan fingerprint density at radius 1 is 1.30 bits per heavy atom. The zero-order valence-electron chi connectivity index (χ0n) is 18.1. The average molecular weight is 440 g/mol. The number of thioether (sulfide) groups is 1. The number of esters is 1. The molecule has 10 nitrogen and oxygen atoms in total. The number of piperazine rings is 1. The Morgan fingerprint density at radius 3 is 2.63 bits per heavy atom. The summed E-state index contributed by atoms with van der Waals surface area (Å²) in [6, 6.07) is 0. The molecule has 1 saturated heterocycles. The van der Waals surface area contributed by atoms with Crippen molar-refractivity contribution in [2.75, 3.05) is 50.9 Å². The molecule has 0 unspecified atom stereocenters. The molecular formula is C19H29N5O5S. The number of amides is 2. The number of carbonyl (C=O) groups excluding carboxylic acids is 3. The van der Waals surface area contributed by atoms with Crippen molar-refractivity contribution in [1.82, 2.24) is 19.8 Å². The Hall–Kier alpha value is -2.56. The number of carbonyl (C=O) groups is 3. The summed E-state index contributed by atoms with van der Waals surface area (Å²) in [4.78, 5) is 48.2. The molecule has 0 radical (unpaired) electrons. The van der Waals surface area contributed by atoms with Crippen LogP contribution in [0, 0.1) is 0 Å². The van der Waals surface area contributed by atoms with Crippen molar-refractivity contribution < 1.29 is 23.9 Å². The van der Waals surface area contributed by atoms with Crippen LogP contribution in [0.4, 0.5) is 10.6 Å². The van der Waals surface area contributed by atoms with Crippen LogP contribution in [0.2, 0.25) is 0 Å². The minimum Gasteiger partial charge on any atom is -0.462 e. The van der Waals surface area contributed by atoms with E-state index >= 15 is 0 Å². The first-order valence-electron chi connectivity index (χ1n) is 9.72. The third-order valence-electron chi connectivity index (χ3n) is 4.09. The van der Waals surface area contributed by atoms with E-state index in [1.54, 1.807) is 32.6 Å². The number of aromatic nitrogens is 2. The molecule has 11 heteroatoms. The van der Waals surface area contributed by atoms with E-state index in [9.17, 15) is 14.4 Å². The van der Waals surface area contributed by atoms with Crippen molar-refractivity contribution in [2.45, 2.75) is 38.5 Å². The quantitative estimate of drug-likeness (QED) is 0.386. The lowest BCUT2D eigenvalue weighted by Crippen LogP contribution is -2.54. The second-order valence-corrected chi connectivity index (χ2v) is 8.32. The lowest BCUT2D eigenvalue weighted by atomic mass is 10.2. The number of nitrogens with zero attached hydrogens (tertiary/aromatic N) is 4. The van der Waals surface area contributed by atoms with E-state index in [1.807, 2.05) is 6.26 Å². The Kier molecular flexibility index (Phi) is 8.27. The molecule has 2 amide bonds. The van der Waals surface area contributed by atoms with E-state index in [0.717, 1.165) is 0 Å².